The Balaban J connectivity index is 4.39. The normalized spacial score (nSPS) is 13.2. The van der Waals surface area contributed by atoms with Crippen LogP contribution in [0.25, 0.3) is 0 Å². The number of hydrogen-bond acceptors (Lipinski definition) is 3. The van der Waals surface area contributed by atoms with Crippen LogP contribution >= 0.6 is 0 Å². The molecule has 0 bridgehead atoms. The second kappa shape index (κ2) is 7.12. The van der Waals surface area contributed by atoms with Crippen LogP contribution in [0.2, 0.25) is 0 Å². The van der Waals surface area contributed by atoms with Gasteiger partial charge in [-0.1, -0.05) is 6.92 Å². The molecule has 7 heteroatoms. The minimum atomic E-state index is -4.55. The zero-order valence-electron chi connectivity index (χ0n) is 9.84. The summed E-state index contributed by atoms with van der Waals surface area (Å²) in [6.45, 7) is 3.47. The highest BCUT2D eigenvalue weighted by atomic mass is 19.4. The molecule has 1 unspecified atom stereocenters. The van der Waals surface area contributed by atoms with E-state index in [1.165, 1.54) is 11.0 Å². The van der Waals surface area contributed by atoms with Crippen molar-refractivity contribution in [2.75, 3.05) is 26.2 Å². The van der Waals surface area contributed by atoms with E-state index in [2.05, 4.69) is 5.32 Å². The highest BCUT2D eigenvalue weighted by molar-refractivity contribution is 5.77. The Hall–Kier alpha value is -1.29. The molecular weight excluding hydrogens is 235 g/mol. The lowest BCUT2D eigenvalue weighted by Crippen LogP contribution is -2.42. The van der Waals surface area contributed by atoms with Crippen LogP contribution < -0.4 is 5.32 Å². The summed E-state index contributed by atoms with van der Waals surface area (Å²) < 4.78 is 37.1. The largest absolute Gasteiger partial charge is 0.405 e. The molecule has 0 aliphatic rings. The lowest BCUT2D eigenvalue weighted by molar-refractivity contribution is -0.163. The highest BCUT2D eigenvalue weighted by Gasteiger charge is 2.40. The Bertz CT molecular complexity index is 286. The molecule has 0 saturated heterocycles. The fourth-order valence-electron chi connectivity index (χ4n) is 1.24. The SMILES string of the molecule is CCNC(=O)CN(CC)CC(C#N)C(F)(F)F. The van der Waals surface area contributed by atoms with Crippen LogP contribution in [0.4, 0.5) is 13.2 Å². The minimum absolute atomic E-state index is 0.126. The molecule has 0 rings (SSSR count). The Labute approximate surface area is 98.4 Å². The topological polar surface area (TPSA) is 56.1 Å². The smallest absolute Gasteiger partial charge is 0.355 e. The van der Waals surface area contributed by atoms with E-state index in [1.807, 2.05) is 0 Å². The summed E-state index contributed by atoms with van der Waals surface area (Å²) in [6, 6.07) is 1.21. The molecule has 0 aliphatic carbocycles. The van der Waals surface area contributed by atoms with Gasteiger partial charge in [-0.3, -0.25) is 9.69 Å². The van der Waals surface area contributed by atoms with Crippen LogP contribution in [0, 0.1) is 17.2 Å². The van der Waals surface area contributed by atoms with Gasteiger partial charge < -0.3 is 5.32 Å². The van der Waals surface area contributed by atoms with E-state index in [0.29, 0.717) is 6.54 Å². The van der Waals surface area contributed by atoms with Crippen molar-refractivity contribution in [2.24, 2.45) is 5.92 Å². The minimum Gasteiger partial charge on any atom is -0.355 e. The van der Waals surface area contributed by atoms with Crippen molar-refractivity contribution in [2.45, 2.75) is 20.0 Å². The molecule has 0 heterocycles. The van der Waals surface area contributed by atoms with Gasteiger partial charge in [-0.2, -0.15) is 18.4 Å². The molecule has 17 heavy (non-hydrogen) atoms. The summed E-state index contributed by atoms with van der Waals surface area (Å²) in [5.74, 6) is -2.40. The number of alkyl halides is 3. The van der Waals surface area contributed by atoms with Crippen molar-refractivity contribution < 1.29 is 18.0 Å². The predicted molar refractivity (Wildman–Crippen MR) is 56.0 cm³/mol. The molecule has 1 atom stereocenters. The van der Waals surface area contributed by atoms with E-state index in [4.69, 9.17) is 5.26 Å². The molecule has 0 spiro atoms. The molecule has 4 nitrogen and oxygen atoms in total. The average molecular weight is 251 g/mol. The molecule has 0 aromatic heterocycles. The van der Waals surface area contributed by atoms with Crippen molar-refractivity contribution >= 4 is 5.91 Å². The maximum Gasteiger partial charge on any atom is 0.405 e. The molecule has 0 fully saturated rings. The summed E-state index contributed by atoms with van der Waals surface area (Å²) in [5, 5.41) is 10.9. The van der Waals surface area contributed by atoms with Gasteiger partial charge in [0.2, 0.25) is 5.91 Å². The number of nitrogens with one attached hydrogen (secondary N) is 1. The number of rotatable bonds is 6. The van der Waals surface area contributed by atoms with Crippen LogP contribution in [0.15, 0.2) is 0 Å². The van der Waals surface area contributed by atoms with Gasteiger partial charge in [-0.15, -0.1) is 0 Å². The zero-order chi connectivity index (χ0) is 13.5. The number of nitrogens with zero attached hydrogens (tertiary/aromatic N) is 2. The molecule has 0 radical (unpaired) electrons. The van der Waals surface area contributed by atoms with Gasteiger partial charge in [0, 0.05) is 13.1 Å². The Morgan fingerprint density at radius 1 is 1.47 bits per heavy atom. The number of amides is 1. The molecule has 0 aliphatic heterocycles. The van der Waals surface area contributed by atoms with E-state index in [1.54, 1.807) is 13.8 Å². The number of carbonyl (C=O) groups excluding carboxylic acids is 1. The summed E-state index contributed by atoms with van der Waals surface area (Å²) in [5.41, 5.74) is 0. The van der Waals surface area contributed by atoms with Crippen molar-refractivity contribution in [1.82, 2.24) is 10.2 Å². The lowest BCUT2D eigenvalue weighted by atomic mass is 10.1. The summed E-state index contributed by atoms with van der Waals surface area (Å²) in [4.78, 5) is 12.5. The fourth-order valence-corrected chi connectivity index (χ4v) is 1.24. The second-order valence-corrected chi connectivity index (χ2v) is 3.50. The third-order valence-electron chi connectivity index (χ3n) is 2.18. The molecule has 98 valence electrons. The van der Waals surface area contributed by atoms with Crippen molar-refractivity contribution in [3.8, 4) is 6.07 Å². The highest BCUT2D eigenvalue weighted by Crippen LogP contribution is 2.26. The van der Waals surface area contributed by atoms with Gasteiger partial charge >= 0.3 is 6.18 Å². The van der Waals surface area contributed by atoms with Gasteiger partial charge in [0.25, 0.3) is 0 Å². The molecule has 0 aromatic carbocycles. The van der Waals surface area contributed by atoms with Gasteiger partial charge in [0.15, 0.2) is 5.92 Å². The lowest BCUT2D eigenvalue weighted by Gasteiger charge is -2.23. The van der Waals surface area contributed by atoms with Crippen LogP contribution in [-0.2, 0) is 4.79 Å². The predicted octanol–water partition coefficient (Wildman–Crippen LogP) is 1.15. The molecule has 0 saturated carbocycles. The first-order valence-corrected chi connectivity index (χ1v) is 5.30. The molecule has 1 amide bonds. The standard InChI is InChI=1S/C10H16F3N3O/c1-3-15-9(17)7-16(4-2)6-8(5-14)10(11,12)13/h8H,3-4,6-7H2,1-2H3,(H,15,17). The van der Waals surface area contributed by atoms with E-state index in [9.17, 15) is 18.0 Å². The first kappa shape index (κ1) is 15.7. The maximum atomic E-state index is 12.4. The third-order valence-corrected chi connectivity index (χ3v) is 2.18. The third kappa shape index (κ3) is 6.12. The summed E-state index contributed by atoms with van der Waals surface area (Å²) >= 11 is 0. The number of likely N-dealkylation sites (N-methyl/N-ethyl adjacent to an activating group) is 2. The van der Waals surface area contributed by atoms with Gasteiger partial charge in [0.05, 0.1) is 12.6 Å². The molecule has 1 N–H and O–H groups in total. The van der Waals surface area contributed by atoms with Gasteiger partial charge in [-0.25, -0.2) is 0 Å². The van der Waals surface area contributed by atoms with Crippen LogP contribution in [-0.4, -0.2) is 43.2 Å². The Morgan fingerprint density at radius 2 is 2.06 bits per heavy atom. The van der Waals surface area contributed by atoms with Gasteiger partial charge in [0.1, 0.15) is 0 Å². The van der Waals surface area contributed by atoms with E-state index >= 15 is 0 Å². The van der Waals surface area contributed by atoms with Crippen molar-refractivity contribution in [3.63, 3.8) is 0 Å². The number of carbonyl (C=O) groups is 1. The second-order valence-electron chi connectivity index (χ2n) is 3.50. The fraction of sp³-hybridized carbons (Fsp3) is 0.800. The van der Waals surface area contributed by atoms with E-state index in [0.717, 1.165) is 0 Å². The first-order chi connectivity index (χ1) is 7.85. The van der Waals surface area contributed by atoms with Crippen molar-refractivity contribution in [3.05, 3.63) is 0 Å². The molecule has 0 aromatic rings. The molecular formula is C10H16F3N3O. The monoisotopic (exact) mass is 251 g/mol. The first-order valence-electron chi connectivity index (χ1n) is 5.30. The number of hydrogen-bond donors (Lipinski definition) is 1. The quantitative estimate of drug-likeness (QED) is 0.770. The zero-order valence-corrected chi connectivity index (χ0v) is 9.84. The maximum absolute atomic E-state index is 12.4. The Kier molecular flexibility index (Phi) is 6.58. The number of halogens is 3. The van der Waals surface area contributed by atoms with E-state index < -0.39 is 18.6 Å². The van der Waals surface area contributed by atoms with Crippen LogP contribution in [0.1, 0.15) is 13.8 Å². The van der Waals surface area contributed by atoms with Crippen LogP contribution in [0.3, 0.4) is 0 Å². The van der Waals surface area contributed by atoms with Crippen molar-refractivity contribution in [1.29, 1.82) is 5.26 Å². The van der Waals surface area contributed by atoms with Gasteiger partial charge in [-0.05, 0) is 13.5 Å². The van der Waals surface area contributed by atoms with E-state index in [-0.39, 0.29) is 19.0 Å². The average Bonchev–Trinajstić information content (AvgIpc) is 2.22. The summed E-state index contributed by atoms with van der Waals surface area (Å²) in [7, 11) is 0. The Morgan fingerprint density at radius 3 is 2.41 bits per heavy atom. The van der Waals surface area contributed by atoms with Crippen LogP contribution in [0.5, 0.6) is 0 Å². The number of nitriles is 1. The summed E-state index contributed by atoms with van der Waals surface area (Å²) in [6.07, 6.45) is -4.55.